The summed E-state index contributed by atoms with van der Waals surface area (Å²) in [4.78, 5) is 14.7. The van der Waals surface area contributed by atoms with E-state index in [1.807, 2.05) is 16.6 Å². The number of aromatic nitrogens is 4. The zero-order valence-corrected chi connectivity index (χ0v) is 16.3. The Kier molecular flexibility index (Phi) is 5.74. The fraction of sp³-hybridized carbons (Fsp3) is 0.684. The number of anilines is 1. The number of nitrogens with one attached hydrogen (secondary N) is 1. The second-order valence-corrected chi connectivity index (χ2v) is 7.93. The van der Waals surface area contributed by atoms with Crippen LogP contribution in [0.2, 0.25) is 0 Å². The van der Waals surface area contributed by atoms with Crippen LogP contribution in [0.4, 0.5) is 5.82 Å². The second-order valence-electron chi connectivity index (χ2n) is 7.93. The van der Waals surface area contributed by atoms with Crippen LogP contribution in [0.1, 0.15) is 58.7 Å². The predicted molar refractivity (Wildman–Crippen MR) is 102 cm³/mol. The highest BCUT2D eigenvalue weighted by molar-refractivity contribution is 5.79. The Bertz CT molecular complexity index is 754. The van der Waals surface area contributed by atoms with Crippen LogP contribution in [0.5, 0.6) is 0 Å². The fourth-order valence-electron chi connectivity index (χ4n) is 3.35. The highest BCUT2D eigenvalue weighted by Crippen LogP contribution is 2.23. The van der Waals surface area contributed by atoms with Crippen molar-refractivity contribution in [3.8, 4) is 0 Å². The van der Waals surface area contributed by atoms with Gasteiger partial charge < -0.3 is 10.2 Å². The van der Waals surface area contributed by atoms with E-state index in [-0.39, 0.29) is 17.7 Å². The minimum atomic E-state index is 0.0268. The second kappa shape index (κ2) is 8.01. The van der Waals surface area contributed by atoms with Gasteiger partial charge in [0.05, 0.1) is 5.92 Å². The summed E-state index contributed by atoms with van der Waals surface area (Å²) in [6.45, 7) is 10.9. The molecule has 2 aromatic heterocycles. The molecule has 3 rings (SSSR count). The Morgan fingerprint density at radius 3 is 2.81 bits per heavy atom. The number of amides is 1. The van der Waals surface area contributed by atoms with Gasteiger partial charge in [-0.2, -0.15) is 4.52 Å². The highest BCUT2D eigenvalue weighted by atomic mass is 16.1. The van der Waals surface area contributed by atoms with Gasteiger partial charge >= 0.3 is 0 Å². The Labute approximate surface area is 155 Å². The van der Waals surface area contributed by atoms with Gasteiger partial charge in [-0.1, -0.05) is 27.7 Å². The van der Waals surface area contributed by atoms with Crippen LogP contribution in [-0.4, -0.2) is 45.4 Å². The molecule has 1 amide bonds. The summed E-state index contributed by atoms with van der Waals surface area (Å²) < 4.78 is 1.83. The first-order valence-corrected chi connectivity index (χ1v) is 9.70. The molecule has 1 aliphatic rings. The molecule has 7 nitrogen and oxygen atoms in total. The molecular formula is C19H30N6O. The van der Waals surface area contributed by atoms with Crippen LogP contribution >= 0.6 is 0 Å². The summed E-state index contributed by atoms with van der Waals surface area (Å²) in [7, 11) is 0. The van der Waals surface area contributed by atoms with E-state index in [1.165, 1.54) is 0 Å². The van der Waals surface area contributed by atoms with Crippen molar-refractivity contribution in [2.24, 2.45) is 11.8 Å². The number of carbonyl (C=O) groups excluding carboxylic acids is 1. The molecule has 0 radical (unpaired) electrons. The van der Waals surface area contributed by atoms with Crippen LogP contribution in [0, 0.1) is 11.8 Å². The molecule has 0 unspecified atom stereocenters. The minimum absolute atomic E-state index is 0.0268. The lowest BCUT2D eigenvalue weighted by Gasteiger charge is -2.32. The smallest absolute Gasteiger partial charge is 0.224 e. The first kappa shape index (κ1) is 18.6. The molecule has 0 saturated carbocycles. The predicted octanol–water partition coefficient (Wildman–Crippen LogP) is 2.63. The van der Waals surface area contributed by atoms with Crippen molar-refractivity contribution in [3.05, 3.63) is 18.0 Å². The monoisotopic (exact) mass is 358 g/mol. The summed E-state index contributed by atoms with van der Waals surface area (Å²) in [5, 5.41) is 16.3. The van der Waals surface area contributed by atoms with Crippen molar-refractivity contribution in [1.29, 1.82) is 0 Å². The average Bonchev–Trinajstić information content (AvgIpc) is 3.04. The van der Waals surface area contributed by atoms with Crippen molar-refractivity contribution in [2.45, 2.75) is 52.9 Å². The average molecular weight is 358 g/mol. The molecule has 2 aromatic rings. The lowest BCUT2D eigenvalue weighted by Crippen LogP contribution is -2.43. The number of carbonyl (C=O) groups is 1. The van der Waals surface area contributed by atoms with Gasteiger partial charge in [-0.3, -0.25) is 4.79 Å². The van der Waals surface area contributed by atoms with Crippen LogP contribution in [0.3, 0.4) is 0 Å². The normalized spacial score (nSPS) is 18.1. The van der Waals surface area contributed by atoms with Crippen molar-refractivity contribution in [2.75, 3.05) is 24.5 Å². The molecule has 0 aliphatic carbocycles. The third-order valence-electron chi connectivity index (χ3n) is 4.93. The molecule has 0 aromatic carbocycles. The van der Waals surface area contributed by atoms with Gasteiger partial charge in [-0.25, -0.2) is 0 Å². The molecule has 1 saturated heterocycles. The molecule has 0 bridgehead atoms. The Balaban J connectivity index is 1.70. The van der Waals surface area contributed by atoms with E-state index >= 15 is 0 Å². The molecule has 142 valence electrons. The molecule has 3 heterocycles. The zero-order valence-electron chi connectivity index (χ0n) is 16.3. The number of hydrogen-bond acceptors (Lipinski definition) is 5. The quantitative estimate of drug-likeness (QED) is 0.859. The number of piperidine rings is 1. The molecule has 1 aliphatic heterocycles. The number of hydrogen-bond donors (Lipinski definition) is 1. The molecule has 1 fully saturated rings. The van der Waals surface area contributed by atoms with E-state index in [2.05, 4.69) is 48.1 Å². The van der Waals surface area contributed by atoms with E-state index in [9.17, 15) is 4.79 Å². The molecular weight excluding hydrogens is 328 g/mol. The molecule has 1 N–H and O–H groups in total. The molecule has 0 spiro atoms. The summed E-state index contributed by atoms with van der Waals surface area (Å²) in [6.07, 6.45) is 2.96. The van der Waals surface area contributed by atoms with Gasteiger partial charge in [0.1, 0.15) is 5.82 Å². The van der Waals surface area contributed by atoms with E-state index in [0.717, 1.165) is 49.6 Å². The molecule has 26 heavy (non-hydrogen) atoms. The topological polar surface area (TPSA) is 75.4 Å². The Morgan fingerprint density at radius 2 is 2.08 bits per heavy atom. The van der Waals surface area contributed by atoms with Crippen molar-refractivity contribution >= 4 is 17.4 Å². The molecule has 7 heteroatoms. The fourth-order valence-corrected chi connectivity index (χ4v) is 3.35. The van der Waals surface area contributed by atoms with E-state index in [4.69, 9.17) is 5.10 Å². The maximum absolute atomic E-state index is 12.5. The van der Waals surface area contributed by atoms with E-state index in [1.54, 1.807) is 0 Å². The standard InChI is InChI=1S/C19H30N6O/c1-13(2)9-10-20-19(26)15-6-5-11-24(12-15)17-8-7-16-21-22-18(14(3)4)25(16)23-17/h7-8,13-15H,5-6,9-12H2,1-4H3,(H,20,26)/t15-/m0/s1. The maximum Gasteiger partial charge on any atom is 0.224 e. The van der Waals surface area contributed by atoms with E-state index in [0.29, 0.717) is 12.5 Å². The van der Waals surface area contributed by atoms with Crippen LogP contribution in [0.25, 0.3) is 5.65 Å². The number of fused-ring (bicyclic) bond motifs is 1. The number of nitrogens with zero attached hydrogens (tertiary/aromatic N) is 5. The first-order chi connectivity index (χ1) is 12.5. The third kappa shape index (κ3) is 4.14. The highest BCUT2D eigenvalue weighted by Gasteiger charge is 2.27. The van der Waals surface area contributed by atoms with Gasteiger partial charge in [0.25, 0.3) is 0 Å². The van der Waals surface area contributed by atoms with Crippen molar-refractivity contribution in [3.63, 3.8) is 0 Å². The first-order valence-electron chi connectivity index (χ1n) is 9.70. The van der Waals surface area contributed by atoms with Gasteiger partial charge in [0.15, 0.2) is 11.5 Å². The van der Waals surface area contributed by atoms with Gasteiger partial charge in [0, 0.05) is 25.6 Å². The van der Waals surface area contributed by atoms with Crippen LogP contribution < -0.4 is 10.2 Å². The van der Waals surface area contributed by atoms with Crippen molar-refractivity contribution < 1.29 is 4.79 Å². The van der Waals surface area contributed by atoms with Crippen molar-refractivity contribution in [1.82, 2.24) is 25.1 Å². The van der Waals surface area contributed by atoms with Gasteiger partial charge in [-0.15, -0.1) is 15.3 Å². The van der Waals surface area contributed by atoms with Crippen LogP contribution in [0.15, 0.2) is 12.1 Å². The Morgan fingerprint density at radius 1 is 1.27 bits per heavy atom. The largest absolute Gasteiger partial charge is 0.356 e. The number of rotatable bonds is 6. The van der Waals surface area contributed by atoms with Gasteiger partial charge in [-0.05, 0) is 37.3 Å². The zero-order chi connectivity index (χ0) is 18.7. The van der Waals surface area contributed by atoms with Crippen LogP contribution in [-0.2, 0) is 4.79 Å². The van der Waals surface area contributed by atoms with E-state index < -0.39 is 0 Å². The summed E-state index contributed by atoms with van der Waals surface area (Å²) in [6, 6.07) is 3.93. The minimum Gasteiger partial charge on any atom is -0.356 e. The van der Waals surface area contributed by atoms with Gasteiger partial charge in [0.2, 0.25) is 5.91 Å². The SMILES string of the molecule is CC(C)CCNC(=O)[C@H]1CCCN(c2ccc3nnc(C(C)C)n3n2)C1. The lowest BCUT2D eigenvalue weighted by molar-refractivity contribution is -0.125. The molecule has 1 atom stereocenters. The maximum atomic E-state index is 12.5. The summed E-state index contributed by atoms with van der Waals surface area (Å²) in [5.74, 6) is 2.81. The summed E-state index contributed by atoms with van der Waals surface area (Å²) in [5.41, 5.74) is 0.762. The third-order valence-corrected chi connectivity index (χ3v) is 4.93. The summed E-state index contributed by atoms with van der Waals surface area (Å²) >= 11 is 0. The lowest BCUT2D eigenvalue weighted by atomic mass is 9.97. The Hall–Kier alpha value is -2.18.